The standard InChI is InChI=1S/C9H12AsNO4.Na/c1-6-5-8(10(13,14)15)3-4-9(6)11-7(2)12;/h3-5H,1-2H3,(H,11,12)(H2,13,14,15);/q;+1/p-1. The molecule has 5 nitrogen and oxygen atoms in total. The molecular weight excluding hydrogens is 284 g/mol. The van der Waals surface area contributed by atoms with Gasteiger partial charge in [0.2, 0.25) is 0 Å². The molecule has 0 saturated carbocycles. The van der Waals surface area contributed by atoms with Crippen molar-refractivity contribution >= 4 is 30.1 Å². The molecule has 1 atom stereocenters. The molecule has 0 spiro atoms. The fourth-order valence-corrected chi connectivity index (χ4v) is 2.45. The first kappa shape index (κ1) is 16.0. The quantitative estimate of drug-likeness (QED) is 0.543. The molecule has 0 fully saturated rings. The Morgan fingerprint density at radius 2 is 2.06 bits per heavy atom. The van der Waals surface area contributed by atoms with Gasteiger partial charge < -0.3 is 0 Å². The van der Waals surface area contributed by atoms with Crippen LogP contribution < -0.4 is 43.3 Å². The van der Waals surface area contributed by atoms with E-state index in [0.717, 1.165) is 0 Å². The second-order valence-corrected chi connectivity index (χ2v) is 6.47. The van der Waals surface area contributed by atoms with Crippen molar-refractivity contribution in [2.24, 2.45) is 0 Å². The SMILES string of the molecule is CC(=O)Nc1ccc([As](=O)([O-])O)cc1C.[Na+]. The molecule has 0 aliphatic heterocycles. The molecule has 1 unspecified atom stereocenters. The Bertz CT molecular complexity index is 443. The van der Waals surface area contributed by atoms with E-state index in [9.17, 15) is 12.6 Å². The van der Waals surface area contributed by atoms with Gasteiger partial charge in [-0.1, -0.05) is 0 Å². The van der Waals surface area contributed by atoms with E-state index in [0.29, 0.717) is 11.3 Å². The topological polar surface area (TPSA) is 89.5 Å². The van der Waals surface area contributed by atoms with Crippen molar-refractivity contribution in [1.29, 1.82) is 0 Å². The molecule has 16 heavy (non-hydrogen) atoms. The van der Waals surface area contributed by atoms with Crippen LogP contribution in [0.25, 0.3) is 0 Å². The van der Waals surface area contributed by atoms with E-state index in [4.69, 9.17) is 4.10 Å². The van der Waals surface area contributed by atoms with Crippen molar-refractivity contribution in [3.8, 4) is 0 Å². The van der Waals surface area contributed by atoms with Crippen molar-refractivity contribution in [1.82, 2.24) is 0 Å². The number of rotatable bonds is 2. The van der Waals surface area contributed by atoms with Crippen LogP contribution in [0.1, 0.15) is 12.5 Å². The van der Waals surface area contributed by atoms with Crippen molar-refractivity contribution in [3.05, 3.63) is 23.8 Å². The largest absolute Gasteiger partial charge is 1.00 e. The summed E-state index contributed by atoms with van der Waals surface area (Å²) in [5.41, 5.74) is 1.13. The van der Waals surface area contributed by atoms with Gasteiger partial charge in [0.05, 0.1) is 0 Å². The van der Waals surface area contributed by atoms with E-state index < -0.39 is 14.2 Å². The van der Waals surface area contributed by atoms with Crippen LogP contribution >= 0.6 is 0 Å². The van der Waals surface area contributed by atoms with Gasteiger partial charge in [-0.25, -0.2) is 0 Å². The summed E-state index contributed by atoms with van der Waals surface area (Å²) >= 11 is -5.07. The smallest absolute Gasteiger partial charge is 1.00 e. The van der Waals surface area contributed by atoms with Gasteiger partial charge in [-0.3, -0.25) is 0 Å². The summed E-state index contributed by atoms with van der Waals surface area (Å²) < 4.78 is 30.5. The summed E-state index contributed by atoms with van der Waals surface area (Å²) in [6, 6.07) is 4.05. The second-order valence-electron chi connectivity index (χ2n) is 3.20. The number of hydrogen-bond donors (Lipinski definition) is 2. The summed E-state index contributed by atoms with van der Waals surface area (Å²) in [6.45, 7) is 3.02. The molecule has 0 saturated heterocycles. The molecule has 1 rings (SSSR count). The maximum absolute atomic E-state index is 10.9. The Hall–Kier alpha value is -0.0316. The van der Waals surface area contributed by atoms with Gasteiger partial charge >= 0.3 is 119 Å². The van der Waals surface area contributed by atoms with Crippen LogP contribution in [0.5, 0.6) is 0 Å². The Morgan fingerprint density at radius 1 is 1.50 bits per heavy atom. The molecule has 2 N–H and O–H groups in total. The van der Waals surface area contributed by atoms with Crippen LogP contribution in [0.15, 0.2) is 18.2 Å². The molecule has 0 aliphatic rings. The van der Waals surface area contributed by atoms with Crippen molar-refractivity contribution in [2.45, 2.75) is 13.8 Å². The number of carbonyl (C=O) groups excluding carboxylic acids is 1. The summed E-state index contributed by atoms with van der Waals surface area (Å²) in [4.78, 5) is 10.8. The molecule has 0 aromatic heterocycles. The monoisotopic (exact) mass is 295 g/mol. The van der Waals surface area contributed by atoms with E-state index in [1.54, 1.807) is 6.92 Å². The van der Waals surface area contributed by atoms with Crippen molar-refractivity contribution in [3.63, 3.8) is 0 Å². The molecule has 0 bridgehead atoms. The predicted octanol–water partition coefficient (Wildman–Crippen LogP) is -4.11. The van der Waals surface area contributed by atoms with E-state index in [-0.39, 0.29) is 39.8 Å². The number of amides is 1. The van der Waals surface area contributed by atoms with Crippen molar-refractivity contribution in [2.75, 3.05) is 5.32 Å². The zero-order valence-electron chi connectivity index (χ0n) is 9.35. The number of aryl methyl sites for hydroxylation is 1. The van der Waals surface area contributed by atoms with E-state index in [2.05, 4.69) is 5.32 Å². The third-order valence-corrected chi connectivity index (χ3v) is 3.80. The Labute approximate surface area is 119 Å². The molecule has 0 heterocycles. The number of anilines is 1. The zero-order valence-corrected chi connectivity index (χ0v) is 13.2. The predicted molar refractivity (Wildman–Crippen MR) is 53.8 cm³/mol. The van der Waals surface area contributed by atoms with Gasteiger partial charge in [-0.2, -0.15) is 0 Å². The fourth-order valence-electron chi connectivity index (χ4n) is 1.15. The number of carbonyl (C=O) groups is 1. The zero-order chi connectivity index (χ0) is 11.6. The minimum absolute atomic E-state index is 0. The first-order valence-corrected chi connectivity index (χ1v) is 7.54. The van der Waals surface area contributed by atoms with Crippen LogP contribution in [-0.2, 0) is 8.53 Å². The fraction of sp³-hybridized carbons (Fsp3) is 0.222. The van der Waals surface area contributed by atoms with Crippen LogP contribution in [0.3, 0.4) is 0 Å². The molecule has 1 aromatic rings. The summed E-state index contributed by atoms with van der Waals surface area (Å²) in [6.07, 6.45) is 0. The molecule has 1 aromatic carbocycles. The maximum Gasteiger partial charge on any atom is 1.00 e. The van der Waals surface area contributed by atoms with E-state index in [1.807, 2.05) is 0 Å². The Morgan fingerprint density at radius 3 is 2.44 bits per heavy atom. The van der Waals surface area contributed by atoms with E-state index in [1.165, 1.54) is 25.1 Å². The van der Waals surface area contributed by atoms with Crippen LogP contribution in [-0.4, -0.2) is 24.2 Å². The van der Waals surface area contributed by atoms with Gasteiger partial charge in [0, 0.05) is 0 Å². The minimum atomic E-state index is -5.07. The third-order valence-electron chi connectivity index (χ3n) is 1.85. The molecule has 7 heteroatoms. The molecule has 0 aliphatic carbocycles. The average Bonchev–Trinajstić information content (AvgIpc) is 2.05. The molecule has 82 valence electrons. The third kappa shape index (κ3) is 4.45. The Kier molecular flexibility index (Phi) is 6.04. The van der Waals surface area contributed by atoms with Crippen LogP contribution in [0.4, 0.5) is 5.69 Å². The molecule has 1 amide bonds. The summed E-state index contributed by atoms with van der Waals surface area (Å²) in [5.74, 6) is -0.231. The minimum Gasteiger partial charge on any atom is 1.00 e. The van der Waals surface area contributed by atoms with Gasteiger partial charge in [0.25, 0.3) is 0 Å². The number of nitrogens with one attached hydrogen (secondary N) is 1. The summed E-state index contributed by atoms with van der Waals surface area (Å²) in [7, 11) is 0. The maximum atomic E-state index is 10.9. The van der Waals surface area contributed by atoms with Crippen LogP contribution in [0, 0.1) is 6.92 Å². The second kappa shape index (κ2) is 6.05. The number of benzene rings is 1. The molecular formula is C9H11AsNNaO4. The van der Waals surface area contributed by atoms with Gasteiger partial charge in [-0.05, 0) is 0 Å². The first-order valence-electron chi connectivity index (χ1n) is 4.23. The Balaban J connectivity index is 0.00000225. The normalized spacial score (nSPS) is 13.5. The van der Waals surface area contributed by atoms with Crippen molar-refractivity contribution < 1.29 is 46.3 Å². The van der Waals surface area contributed by atoms with Gasteiger partial charge in [0.1, 0.15) is 0 Å². The van der Waals surface area contributed by atoms with Gasteiger partial charge in [0.15, 0.2) is 0 Å². The van der Waals surface area contributed by atoms with E-state index >= 15 is 0 Å². The summed E-state index contributed by atoms with van der Waals surface area (Å²) in [5, 5.41) is 2.55. The van der Waals surface area contributed by atoms with Crippen LogP contribution in [0.2, 0.25) is 0 Å². The van der Waals surface area contributed by atoms with Gasteiger partial charge in [-0.15, -0.1) is 0 Å². The first-order chi connectivity index (χ1) is 6.80. The number of hydrogen-bond acceptors (Lipinski definition) is 3. The average molecular weight is 295 g/mol. The molecule has 0 radical (unpaired) electrons.